The monoisotopic (exact) mass is 1290 g/mol. The number of rotatable bonds is 3. The first kappa shape index (κ1) is 41.2. The van der Waals surface area contributed by atoms with Gasteiger partial charge in [0.2, 0.25) is 5.95 Å². The van der Waals surface area contributed by atoms with Crippen molar-refractivity contribution < 1.29 is 42.1 Å². The second-order valence-corrected chi connectivity index (χ2v) is 18.7. The van der Waals surface area contributed by atoms with E-state index in [0.29, 0.717) is 5.95 Å². The average Bonchev–Trinajstić information content (AvgIpc) is 4.33. The van der Waals surface area contributed by atoms with E-state index in [4.69, 9.17) is 19.9 Å². The van der Waals surface area contributed by atoms with E-state index >= 15 is 0 Å². The molecule has 10 heterocycles. The van der Waals surface area contributed by atoms with Crippen molar-refractivity contribution in [3.8, 4) is 17.6 Å². The fourth-order valence-corrected chi connectivity index (χ4v) is 12.5. The van der Waals surface area contributed by atoms with Gasteiger partial charge in [0.15, 0.2) is 0 Å². The molecule has 10 aromatic heterocycles. The maximum absolute atomic E-state index is 4.90. The molecular weight excluding hydrogens is 1260 g/mol. The predicted octanol–water partition coefficient (Wildman–Crippen LogP) is 14.1. The molecule has 0 bridgehead atoms. The molecule has 0 radical (unpaired) electrons. The van der Waals surface area contributed by atoms with Crippen LogP contribution >= 0.6 is 0 Å². The maximum atomic E-state index is 4.90. The second-order valence-electron chi connectivity index (χ2n) is 18.7. The molecule has 73 heavy (non-hydrogen) atoms. The summed E-state index contributed by atoms with van der Waals surface area (Å²) in [6.45, 7) is 0. The van der Waals surface area contributed by atoms with Crippen molar-refractivity contribution in [2.24, 2.45) is 0 Å². The van der Waals surface area contributed by atoms with E-state index in [-0.39, 0.29) is 42.1 Å². The topological polar surface area (TPSA) is 75.2 Å². The minimum Gasteiger partial charge on any atom is -0.358 e. The summed E-state index contributed by atoms with van der Waals surface area (Å²) in [5, 5.41) is 16.0. The Morgan fingerprint density at radius 2 is 0.603 bits per heavy atom. The number of hydrogen-bond acceptors (Lipinski definition) is 4. The molecule has 11 heteroatoms. The Hall–Kier alpha value is -8.48. The van der Waals surface area contributed by atoms with Gasteiger partial charge in [0.25, 0.3) is 0 Å². The van der Waals surface area contributed by atoms with Crippen molar-refractivity contribution in [3.05, 3.63) is 201 Å². The van der Waals surface area contributed by atoms with Crippen LogP contribution in [0.25, 0.3) is 159 Å². The van der Waals surface area contributed by atoms with Gasteiger partial charge in [0, 0.05) is 46.9 Å². The van der Waals surface area contributed by atoms with Gasteiger partial charge in [-0.25, -0.2) is 19.9 Å². The molecule has 9 nitrogen and oxygen atoms in total. The zero-order chi connectivity index (χ0) is 45.8. The number of fused-ring (bicyclic) bond motifs is 21. The van der Waals surface area contributed by atoms with Crippen molar-refractivity contribution in [2.75, 3.05) is 0 Å². The van der Waals surface area contributed by atoms with Crippen LogP contribution in [-0.4, -0.2) is 42.4 Å². The molecule has 0 fully saturated rings. The standard InChI is InChI=1S/C62H29N9.2Pt/c1-3-18-48-34(12-1)40-26-42-36-14-9-16-38-44-28-46-47-29-45-39-17-10-15-37-43-27-41-35-13-2-4-19-49(35)68(59-21-6-8-23-64-59)51(41)31-53(43)70(61(37)39)55(45)33-57(47)71(62-65-24-11-25-66-62)56(46)32-54(44)69(60(36)38)52(42)30-50(40)67(48)58-20-5-7-22-63-58;;/h1-29H;;/q-4;2*+2. The van der Waals surface area contributed by atoms with Crippen LogP contribution in [0.1, 0.15) is 0 Å². The molecule has 0 unspecified atom stereocenters. The van der Waals surface area contributed by atoms with Crippen molar-refractivity contribution in [1.82, 2.24) is 42.4 Å². The smallest absolute Gasteiger partial charge is 0.358 e. The van der Waals surface area contributed by atoms with Gasteiger partial charge in [0.1, 0.15) is 11.6 Å². The van der Waals surface area contributed by atoms with Crippen LogP contribution in [0.5, 0.6) is 0 Å². The van der Waals surface area contributed by atoms with Crippen LogP contribution in [0.4, 0.5) is 0 Å². The normalized spacial score (nSPS) is 12.4. The molecule has 0 N–H and O–H groups in total. The molecule has 342 valence electrons. The maximum Gasteiger partial charge on any atom is 2.00 e. The number of para-hydroxylation sites is 4. The Morgan fingerprint density at radius 3 is 1.00 bits per heavy atom. The molecule has 0 saturated carbocycles. The van der Waals surface area contributed by atoms with E-state index in [1.54, 1.807) is 12.4 Å². The molecule has 8 aromatic carbocycles. The van der Waals surface area contributed by atoms with Crippen molar-refractivity contribution in [1.29, 1.82) is 0 Å². The minimum absolute atomic E-state index is 0. The van der Waals surface area contributed by atoms with Crippen LogP contribution < -0.4 is 0 Å². The van der Waals surface area contributed by atoms with Crippen LogP contribution in [0.3, 0.4) is 0 Å². The van der Waals surface area contributed by atoms with E-state index in [1.165, 1.54) is 32.3 Å². The number of nitrogens with zero attached hydrogens (tertiary/aromatic N) is 9. The summed E-state index contributed by atoms with van der Waals surface area (Å²) < 4.78 is 11.3. The third-order valence-electron chi connectivity index (χ3n) is 15.3. The summed E-state index contributed by atoms with van der Waals surface area (Å²) in [5.74, 6) is 2.26. The fourth-order valence-electron chi connectivity index (χ4n) is 12.5. The molecule has 0 aliphatic rings. The summed E-state index contributed by atoms with van der Waals surface area (Å²) in [4.78, 5) is 19.5. The van der Waals surface area contributed by atoms with Gasteiger partial charge >= 0.3 is 42.1 Å². The van der Waals surface area contributed by atoms with E-state index in [0.717, 1.165) is 121 Å². The summed E-state index contributed by atoms with van der Waals surface area (Å²) in [5.41, 5.74) is 12.1. The summed E-state index contributed by atoms with van der Waals surface area (Å²) >= 11 is 0. The number of hydrogen-bond donors (Lipinski definition) is 0. The molecule has 0 spiro atoms. The summed E-state index contributed by atoms with van der Waals surface area (Å²) in [6.07, 6.45) is 7.31. The quantitative estimate of drug-likeness (QED) is 0.165. The van der Waals surface area contributed by atoms with E-state index < -0.39 is 0 Å². The van der Waals surface area contributed by atoms with Gasteiger partial charge in [-0.05, 0) is 74.8 Å². The van der Waals surface area contributed by atoms with Gasteiger partial charge < -0.3 is 22.5 Å². The molecule has 0 atom stereocenters. The molecule has 0 aliphatic carbocycles. The zero-order valence-electron chi connectivity index (χ0n) is 37.9. The van der Waals surface area contributed by atoms with Crippen LogP contribution in [0.15, 0.2) is 176 Å². The fraction of sp³-hybridized carbons (Fsp3) is 0. The Morgan fingerprint density at radius 1 is 0.274 bits per heavy atom. The van der Waals surface area contributed by atoms with Crippen molar-refractivity contribution in [3.63, 3.8) is 0 Å². The van der Waals surface area contributed by atoms with Crippen LogP contribution in [0, 0.1) is 24.3 Å². The van der Waals surface area contributed by atoms with Gasteiger partial charge in [-0.15, -0.1) is 56.6 Å². The summed E-state index contributed by atoms with van der Waals surface area (Å²) in [6, 6.07) is 69.9. The van der Waals surface area contributed by atoms with Gasteiger partial charge in [-0.1, -0.05) is 129 Å². The molecule has 0 saturated heterocycles. The third-order valence-corrected chi connectivity index (χ3v) is 15.3. The molecule has 18 rings (SSSR count). The van der Waals surface area contributed by atoms with Crippen LogP contribution in [0.2, 0.25) is 0 Å². The Bertz CT molecular complexity index is 5030. The Balaban J connectivity index is 0.00000228. The van der Waals surface area contributed by atoms with Gasteiger partial charge in [-0.3, -0.25) is 0 Å². The Labute approximate surface area is 441 Å². The SMILES string of the molecule is [Pt+2].[Pt+2].[c-]1c2c(cc3c4cccc5c6cc7c8ccccc8n(-c8ccccn8)c7[c-]c6n(c13)c45)c1cc3c4cccc5c6cc7c8ccccc8n(-c8ccccn8)c7[c-]c6n(c3[c-]c1n2-c1ncccn1)c45. The first-order valence-electron chi connectivity index (χ1n) is 23.7. The first-order chi connectivity index (χ1) is 35.2. The molecule has 0 aliphatic heterocycles. The Kier molecular flexibility index (Phi) is 8.22. The third kappa shape index (κ3) is 5.08. The molecule has 18 aromatic rings. The van der Waals surface area contributed by atoms with Crippen molar-refractivity contribution in [2.45, 2.75) is 0 Å². The van der Waals surface area contributed by atoms with E-state index in [9.17, 15) is 0 Å². The van der Waals surface area contributed by atoms with E-state index in [2.05, 4.69) is 168 Å². The summed E-state index contributed by atoms with van der Waals surface area (Å²) in [7, 11) is 0. The molecule has 0 amide bonds. The van der Waals surface area contributed by atoms with Gasteiger partial charge in [-0.2, -0.15) is 35.0 Å². The van der Waals surface area contributed by atoms with Gasteiger partial charge in [0.05, 0.1) is 0 Å². The predicted molar refractivity (Wildman–Crippen MR) is 285 cm³/mol. The van der Waals surface area contributed by atoms with E-state index in [1.807, 2.05) is 42.7 Å². The minimum atomic E-state index is 0. The molecular formula is C62H29N9Pt2. The largest absolute Gasteiger partial charge is 2.00 e. The second kappa shape index (κ2) is 14.6. The first-order valence-corrected chi connectivity index (χ1v) is 23.7. The van der Waals surface area contributed by atoms with Crippen LogP contribution in [-0.2, 0) is 42.1 Å². The number of aromatic nitrogens is 9. The zero-order valence-corrected chi connectivity index (χ0v) is 42.4. The number of benzene rings is 8. The van der Waals surface area contributed by atoms with Crippen molar-refractivity contribution >= 4 is 142 Å². The average molecular weight is 1290 g/mol. The number of pyridine rings is 2.